The molecule has 0 bridgehead atoms. The molecular formula is C86H162N6O2+4. The second-order valence-corrected chi connectivity index (χ2v) is 32.1. The Morgan fingerprint density at radius 2 is 0.521 bits per heavy atom. The highest BCUT2D eigenvalue weighted by atomic mass is 16.3. The van der Waals surface area contributed by atoms with Gasteiger partial charge in [-0.05, 0) is 200 Å². The number of quaternary nitrogens is 4. The summed E-state index contributed by atoms with van der Waals surface area (Å²) in [6.07, 6.45) is 48.7. The molecule has 94 heavy (non-hydrogen) atoms. The summed E-state index contributed by atoms with van der Waals surface area (Å²) in [6.45, 7) is 58.8. The molecule has 2 aromatic rings. The van der Waals surface area contributed by atoms with Gasteiger partial charge in [0.05, 0.1) is 117 Å². The van der Waals surface area contributed by atoms with E-state index in [1.165, 1.54) is 314 Å². The van der Waals surface area contributed by atoms with Crippen LogP contribution >= 0.6 is 0 Å². The van der Waals surface area contributed by atoms with E-state index in [0.29, 0.717) is 11.5 Å². The zero-order chi connectivity index (χ0) is 69.2. The summed E-state index contributed by atoms with van der Waals surface area (Å²) in [5, 5.41) is 24.6. The highest BCUT2D eigenvalue weighted by Gasteiger charge is 2.37. The molecule has 1 aliphatic rings. The second-order valence-electron chi connectivity index (χ2n) is 32.1. The summed E-state index contributed by atoms with van der Waals surface area (Å²) >= 11 is 0. The Balaban J connectivity index is 2.07. The van der Waals surface area contributed by atoms with Crippen LogP contribution in [0.25, 0.3) is 0 Å². The Morgan fingerprint density at radius 1 is 0.330 bits per heavy atom. The monoisotopic (exact) mass is 1310 g/mol. The molecule has 0 saturated heterocycles. The number of unbranched alkanes of at least 4 members (excludes halogenated alkanes) is 12. The minimum atomic E-state index is -0.0439. The van der Waals surface area contributed by atoms with Crippen molar-refractivity contribution in [3.63, 3.8) is 0 Å². The van der Waals surface area contributed by atoms with Crippen LogP contribution in [0.1, 0.15) is 361 Å². The average Bonchev–Trinajstić information content (AvgIpc) is 0.816. The van der Waals surface area contributed by atoms with Crippen molar-refractivity contribution >= 4 is 12.4 Å². The zero-order valence-corrected chi connectivity index (χ0v) is 66.0. The molecule has 0 spiro atoms. The molecule has 0 aromatic heterocycles. The SMILES string of the molecule is CCCC[N+](CCCC)(CCCC)CCCC(C)(CCC[N+](CCCC)(CCCC)CCCC)c1cc(C)c(C=N[C@@H]2CCCC[C@H]2N=Cc2c(C)cc(C(C)(CCC[N+](CCCC)(CCCC)CCCC)CCC[N+](CCCC)(CCCC)CCCC)cc2O)c(O)c1. The van der Waals surface area contributed by atoms with E-state index in [1.807, 2.05) is 12.4 Å². The van der Waals surface area contributed by atoms with Crippen LogP contribution in [0.4, 0.5) is 0 Å². The number of phenols is 2. The van der Waals surface area contributed by atoms with E-state index >= 15 is 0 Å². The van der Waals surface area contributed by atoms with Gasteiger partial charge in [-0.25, -0.2) is 0 Å². The fourth-order valence-corrected chi connectivity index (χ4v) is 17.0. The molecule has 1 saturated carbocycles. The average molecular weight is 1310 g/mol. The molecule has 3 rings (SSSR count). The number of aromatic hydroxyl groups is 2. The summed E-state index contributed by atoms with van der Waals surface area (Å²) in [4.78, 5) is 10.7. The van der Waals surface area contributed by atoms with Crippen molar-refractivity contribution in [3.8, 4) is 11.5 Å². The van der Waals surface area contributed by atoms with Gasteiger partial charge in [-0.15, -0.1) is 0 Å². The van der Waals surface area contributed by atoms with Crippen molar-refractivity contribution in [2.45, 2.75) is 365 Å². The lowest BCUT2D eigenvalue weighted by atomic mass is 9.74. The highest BCUT2D eigenvalue weighted by Crippen LogP contribution is 2.41. The van der Waals surface area contributed by atoms with Crippen molar-refractivity contribution in [2.24, 2.45) is 9.98 Å². The van der Waals surface area contributed by atoms with Crippen molar-refractivity contribution < 1.29 is 28.1 Å². The lowest BCUT2D eigenvalue weighted by molar-refractivity contribution is -0.929. The van der Waals surface area contributed by atoms with Gasteiger partial charge < -0.3 is 28.1 Å². The van der Waals surface area contributed by atoms with Crippen LogP contribution in [0.5, 0.6) is 11.5 Å². The van der Waals surface area contributed by atoms with Crippen LogP contribution in [0.3, 0.4) is 0 Å². The van der Waals surface area contributed by atoms with Crippen LogP contribution in [0, 0.1) is 13.8 Å². The van der Waals surface area contributed by atoms with Gasteiger partial charge in [-0.1, -0.05) is 199 Å². The molecule has 0 radical (unpaired) electrons. The Hall–Kier alpha value is -2.78. The van der Waals surface area contributed by atoms with Crippen molar-refractivity contribution in [2.75, 3.05) is 105 Å². The number of aryl methyl sites for hydroxylation is 2. The highest BCUT2D eigenvalue weighted by molar-refractivity contribution is 5.87. The standard InChI is InChI=1S/C86H160N6O2/c1-17-29-53-89(54-30-18-2,55-31-19-3)65-43-49-85(15,50-44-66-90(56-32-20-4,57-33-21-5)58-34-22-6)77-69-75(13)79(83(93)71-77)73-87-81-47-41-42-48-82(81)88-74-80-76(14)70-78(72-84(80)94)86(16,51-45-67-91(59-35-23-7,60-36-24-8)61-37-25-9)52-46-68-92(62-38-26-10,63-39-27-11)64-40-28-12/h69-74,81-82H,17-68H2,1-16H3/q+2/p+2/t81-,82-/m1/s1. The fourth-order valence-electron chi connectivity index (χ4n) is 17.0. The number of phenolic OH excluding ortho intramolecular Hbond substituents is 2. The Morgan fingerprint density at radius 3 is 0.702 bits per heavy atom. The third kappa shape index (κ3) is 29.2. The maximum absolute atomic E-state index is 12.3. The minimum absolute atomic E-state index is 0.0202. The summed E-state index contributed by atoms with van der Waals surface area (Å²) in [5.74, 6) is 0.745. The third-order valence-electron chi connectivity index (χ3n) is 23.9. The number of hydrogen-bond acceptors (Lipinski definition) is 4. The van der Waals surface area contributed by atoms with Crippen LogP contribution < -0.4 is 0 Å². The summed E-state index contributed by atoms with van der Waals surface area (Å²) in [6, 6.07) is 9.25. The number of nitrogens with zero attached hydrogens (tertiary/aromatic N) is 6. The van der Waals surface area contributed by atoms with E-state index in [4.69, 9.17) is 9.98 Å². The molecule has 544 valence electrons. The minimum Gasteiger partial charge on any atom is -0.507 e. The van der Waals surface area contributed by atoms with Crippen LogP contribution in [-0.4, -0.2) is 157 Å². The summed E-state index contributed by atoms with van der Waals surface area (Å²) in [7, 11) is 0. The van der Waals surface area contributed by atoms with Gasteiger partial charge >= 0.3 is 0 Å². The topological polar surface area (TPSA) is 65.2 Å². The van der Waals surface area contributed by atoms with E-state index in [9.17, 15) is 10.2 Å². The smallest absolute Gasteiger partial charge is 0.124 e. The first-order valence-electron chi connectivity index (χ1n) is 41.5. The zero-order valence-electron chi connectivity index (χ0n) is 66.0. The van der Waals surface area contributed by atoms with Crippen LogP contribution in [0.15, 0.2) is 34.3 Å². The summed E-state index contributed by atoms with van der Waals surface area (Å²) < 4.78 is 5.13. The molecule has 2 atom stereocenters. The van der Waals surface area contributed by atoms with Gasteiger partial charge in [0, 0.05) is 23.6 Å². The fraction of sp³-hybridized carbons (Fsp3) is 0.837. The Bertz CT molecular complexity index is 1950. The molecule has 2 N–H and O–H groups in total. The van der Waals surface area contributed by atoms with Crippen molar-refractivity contribution in [1.29, 1.82) is 0 Å². The van der Waals surface area contributed by atoms with E-state index in [2.05, 4.69) is 135 Å². The Kier molecular flexibility index (Phi) is 43.0. The lowest BCUT2D eigenvalue weighted by Gasteiger charge is -2.42. The summed E-state index contributed by atoms with van der Waals surface area (Å²) in [5.41, 5.74) is 6.49. The molecule has 2 aromatic carbocycles. The molecule has 0 amide bonds. The van der Waals surface area contributed by atoms with Gasteiger partial charge in [-0.3, -0.25) is 9.98 Å². The van der Waals surface area contributed by atoms with Gasteiger partial charge in [0.25, 0.3) is 0 Å². The largest absolute Gasteiger partial charge is 0.507 e. The van der Waals surface area contributed by atoms with Crippen LogP contribution in [-0.2, 0) is 10.8 Å². The number of aliphatic imine (C=N–C) groups is 2. The Labute approximate surface area is 586 Å². The molecule has 1 aliphatic carbocycles. The number of benzene rings is 2. The first-order chi connectivity index (χ1) is 45.3. The van der Waals surface area contributed by atoms with E-state index < -0.39 is 0 Å². The third-order valence-corrected chi connectivity index (χ3v) is 23.9. The number of rotatable bonds is 58. The van der Waals surface area contributed by atoms with Crippen molar-refractivity contribution in [3.05, 3.63) is 57.6 Å². The number of hydrogen-bond donors (Lipinski definition) is 2. The van der Waals surface area contributed by atoms with Gasteiger partial charge in [0.1, 0.15) is 11.5 Å². The van der Waals surface area contributed by atoms with Crippen LogP contribution in [0.2, 0.25) is 0 Å². The maximum Gasteiger partial charge on any atom is 0.124 e. The predicted octanol–water partition coefficient (Wildman–Crippen LogP) is 23.1. The normalized spacial score (nSPS) is 15.6. The van der Waals surface area contributed by atoms with Gasteiger partial charge in [0.15, 0.2) is 0 Å². The first kappa shape index (κ1) is 85.4. The molecule has 0 heterocycles. The van der Waals surface area contributed by atoms with Gasteiger partial charge in [0.2, 0.25) is 0 Å². The van der Waals surface area contributed by atoms with E-state index in [0.717, 1.165) is 73.6 Å². The molecule has 8 heteroatoms. The molecule has 8 nitrogen and oxygen atoms in total. The molecule has 1 fully saturated rings. The maximum atomic E-state index is 12.3. The van der Waals surface area contributed by atoms with Crippen molar-refractivity contribution in [1.82, 2.24) is 0 Å². The molecule has 0 aliphatic heterocycles. The quantitative estimate of drug-likeness (QED) is 0.0512. The van der Waals surface area contributed by atoms with Gasteiger partial charge in [-0.2, -0.15) is 0 Å². The van der Waals surface area contributed by atoms with E-state index in [-0.39, 0.29) is 22.9 Å². The first-order valence-corrected chi connectivity index (χ1v) is 41.5. The van der Waals surface area contributed by atoms with E-state index in [1.54, 1.807) is 0 Å². The second kappa shape index (κ2) is 47.3. The molecule has 0 unspecified atom stereocenters. The predicted molar refractivity (Wildman–Crippen MR) is 416 cm³/mol. The lowest BCUT2D eigenvalue weighted by Crippen LogP contribution is -2.51. The molecular weight excluding hydrogens is 1150 g/mol.